The normalized spacial score (nSPS) is 10.8. The molecule has 4 heteroatoms. The monoisotopic (exact) mass is 293 g/mol. The maximum absolute atomic E-state index is 4.20. The third kappa shape index (κ3) is 2.94. The van der Waals surface area contributed by atoms with Gasteiger partial charge in [-0.05, 0) is 18.9 Å². The van der Waals surface area contributed by atoms with Crippen molar-refractivity contribution in [3.63, 3.8) is 0 Å². The zero-order valence-corrected chi connectivity index (χ0v) is 11.7. The van der Waals surface area contributed by atoms with Crippen molar-refractivity contribution >= 4 is 15.9 Å². The molecule has 0 fully saturated rings. The fraction of sp³-hybridized carbons (Fsp3) is 0.385. The topological polar surface area (TPSA) is 30.7 Å². The summed E-state index contributed by atoms with van der Waals surface area (Å²) in [6.07, 6.45) is 1.94. The van der Waals surface area contributed by atoms with Gasteiger partial charge in [0.25, 0.3) is 0 Å². The van der Waals surface area contributed by atoms with Crippen molar-refractivity contribution in [1.82, 2.24) is 14.8 Å². The lowest BCUT2D eigenvalue weighted by molar-refractivity contribution is 0.753. The summed E-state index contributed by atoms with van der Waals surface area (Å²) in [4.78, 5) is 0. The van der Waals surface area contributed by atoms with E-state index in [2.05, 4.69) is 61.9 Å². The highest BCUT2D eigenvalue weighted by Gasteiger charge is 2.07. The van der Waals surface area contributed by atoms with Crippen LogP contribution in [0, 0.1) is 6.92 Å². The lowest BCUT2D eigenvalue weighted by Gasteiger charge is -2.03. The maximum Gasteiger partial charge on any atom is 0.143 e. The average Bonchev–Trinajstić information content (AvgIpc) is 2.69. The van der Waals surface area contributed by atoms with Gasteiger partial charge in [-0.2, -0.15) is 0 Å². The van der Waals surface area contributed by atoms with Gasteiger partial charge in [-0.25, -0.2) is 0 Å². The standard InChI is InChI=1S/C13H16BrN3/c1-10-3-5-11(6-4-10)7-8-12-15-16-13(9-14)17(12)2/h3-6H,7-9H2,1-2H3. The highest BCUT2D eigenvalue weighted by atomic mass is 79.9. The van der Waals surface area contributed by atoms with E-state index in [0.29, 0.717) is 0 Å². The average molecular weight is 294 g/mol. The molecule has 90 valence electrons. The Balaban J connectivity index is 2.02. The molecular formula is C13H16BrN3. The summed E-state index contributed by atoms with van der Waals surface area (Å²) < 4.78 is 2.06. The number of halogens is 1. The number of benzene rings is 1. The molecule has 0 amide bonds. The largest absolute Gasteiger partial charge is 0.317 e. The summed E-state index contributed by atoms with van der Waals surface area (Å²) in [6.45, 7) is 2.11. The van der Waals surface area contributed by atoms with Crippen LogP contribution in [0.3, 0.4) is 0 Å². The molecule has 2 aromatic rings. The van der Waals surface area contributed by atoms with E-state index in [1.807, 2.05) is 7.05 Å². The van der Waals surface area contributed by atoms with Gasteiger partial charge in [0, 0.05) is 13.5 Å². The Morgan fingerprint density at radius 2 is 1.71 bits per heavy atom. The lowest BCUT2D eigenvalue weighted by Crippen LogP contribution is -2.02. The second kappa shape index (κ2) is 5.45. The van der Waals surface area contributed by atoms with Gasteiger partial charge in [-0.3, -0.25) is 0 Å². The molecule has 1 aromatic carbocycles. The highest BCUT2D eigenvalue weighted by Crippen LogP contribution is 2.09. The molecule has 0 saturated carbocycles. The third-order valence-corrected chi connectivity index (χ3v) is 3.43. The minimum Gasteiger partial charge on any atom is -0.317 e. The minimum atomic E-state index is 0.751. The SMILES string of the molecule is Cc1ccc(CCc2nnc(CBr)n2C)cc1. The van der Waals surface area contributed by atoms with E-state index in [4.69, 9.17) is 0 Å². The van der Waals surface area contributed by atoms with Crippen LogP contribution in [0.2, 0.25) is 0 Å². The fourth-order valence-corrected chi connectivity index (χ4v) is 2.23. The smallest absolute Gasteiger partial charge is 0.143 e. The van der Waals surface area contributed by atoms with Crippen molar-refractivity contribution in [2.75, 3.05) is 0 Å². The molecule has 17 heavy (non-hydrogen) atoms. The van der Waals surface area contributed by atoms with Gasteiger partial charge in [0.2, 0.25) is 0 Å². The Hall–Kier alpha value is -1.16. The molecule has 0 bridgehead atoms. The van der Waals surface area contributed by atoms with E-state index in [1.165, 1.54) is 11.1 Å². The molecular weight excluding hydrogens is 278 g/mol. The zero-order valence-electron chi connectivity index (χ0n) is 10.2. The van der Waals surface area contributed by atoms with E-state index in [0.717, 1.165) is 29.8 Å². The number of rotatable bonds is 4. The molecule has 2 rings (SSSR count). The van der Waals surface area contributed by atoms with Gasteiger partial charge in [0.15, 0.2) is 0 Å². The molecule has 0 atom stereocenters. The highest BCUT2D eigenvalue weighted by molar-refractivity contribution is 9.08. The molecule has 0 N–H and O–H groups in total. The van der Waals surface area contributed by atoms with Gasteiger partial charge in [-0.1, -0.05) is 45.8 Å². The van der Waals surface area contributed by atoms with Crippen molar-refractivity contribution in [2.24, 2.45) is 7.05 Å². The molecule has 0 aliphatic carbocycles. The summed E-state index contributed by atoms with van der Waals surface area (Å²) in [7, 11) is 2.01. The molecule has 3 nitrogen and oxygen atoms in total. The Bertz CT molecular complexity index is 488. The van der Waals surface area contributed by atoms with Crippen molar-refractivity contribution in [3.8, 4) is 0 Å². The molecule has 1 aromatic heterocycles. The van der Waals surface area contributed by atoms with Crippen LogP contribution in [0.15, 0.2) is 24.3 Å². The summed E-state index contributed by atoms with van der Waals surface area (Å²) in [5.41, 5.74) is 2.65. The van der Waals surface area contributed by atoms with E-state index >= 15 is 0 Å². The third-order valence-electron chi connectivity index (χ3n) is 2.93. The van der Waals surface area contributed by atoms with Crippen LogP contribution >= 0.6 is 15.9 Å². The first-order valence-corrected chi connectivity index (χ1v) is 6.81. The molecule has 0 saturated heterocycles. The van der Waals surface area contributed by atoms with E-state index < -0.39 is 0 Å². The first kappa shape index (κ1) is 12.3. The van der Waals surface area contributed by atoms with Crippen LogP contribution in [0.5, 0.6) is 0 Å². The Labute approximate surface area is 110 Å². The molecule has 0 aliphatic rings. The van der Waals surface area contributed by atoms with Crippen LogP contribution in [0.25, 0.3) is 0 Å². The summed E-state index contributed by atoms with van der Waals surface area (Å²) >= 11 is 3.40. The van der Waals surface area contributed by atoms with E-state index in [-0.39, 0.29) is 0 Å². The Morgan fingerprint density at radius 3 is 2.29 bits per heavy atom. The molecule has 0 spiro atoms. The van der Waals surface area contributed by atoms with Crippen LogP contribution in [-0.2, 0) is 25.2 Å². The fourth-order valence-electron chi connectivity index (χ4n) is 1.74. The van der Waals surface area contributed by atoms with Crippen LogP contribution in [0.1, 0.15) is 22.8 Å². The molecule has 0 aliphatic heterocycles. The predicted molar refractivity (Wildman–Crippen MR) is 72.2 cm³/mol. The number of hydrogen-bond donors (Lipinski definition) is 0. The number of hydrogen-bond acceptors (Lipinski definition) is 2. The van der Waals surface area contributed by atoms with Crippen molar-refractivity contribution in [3.05, 3.63) is 47.0 Å². The van der Waals surface area contributed by atoms with Gasteiger partial charge < -0.3 is 4.57 Å². The van der Waals surface area contributed by atoms with E-state index in [9.17, 15) is 0 Å². The van der Waals surface area contributed by atoms with Gasteiger partial charge >= 0.3 is 0 Å². The Kier molecular flexibility index (Phi) is 3.94. The number of aromatic nitrogens is 3. The van der Waals surface area contributed by atoms with Gasteiger partial charge in [0.05, 0.1) is 5.33 Å². The molecule has 0 radical (unpaired) electrons. The summed E-state index contributed by atoms with van der Waals surface area (Å²) in [5, 5.41) is 9.08. The quantitative estimate of drug-likeness (QED) is 0.812. The Morgan fingerprint density at radius 1 is 1.06 bits per heavy atom. The minimum absolute atomic E-state index is 0.751. The number of alkyl halides is 1. The molecule has 0 unspecified atom stereocenters. The van der Waals surface area contributed by atoms with Crippen LogP contribution < -0.4 is 0 Å². The van der Waals surface area contributed by atoms with Crippen molar-refractivity contribution < 1.29 is 0 Å². The van der Waals surface area contributed by atoms with Crippen molar-refractivity contribution in [1.29, 1.82) is 0 Å². The lowest BCUT2D eigenvalue weighted by atomic mass is 10.1. The van der Waals surface area contributed by atoms with Crippen LogP contribution in [-0.4, -0.2) is 14.8 Å². The summed E-state index contributed by atoms with van der Waals surface area (Å²) in [6, 6.07) is 8.65. The number of aryl methyl sites for hydroxylation is 3. The second-order valence-electron chi connectivity index (χ2n) is 4.21. The first-order valence-electron chi connectivity index (χ1n) is 5.69. The van der Waals surface area contributed by atoms with Gasteiger partial charge in [-0.15, -0.1) is 10.2 Å². The molecule has 1 heterocycles. The maximum atomic E-state index is 4.20. The first-order chi connectivity index (χ1) is 8.20. The van der Waals surface area contributed by atoms with E-state index in [1.54, 1.807) is 0 Å². The van der Waals surface area contributed by atoms with Gasteiger partial charge in [0.1, 0.15) is 11.6 Å². The van der Waals surface area contributed by atoms with Crippen LogP contribution in [0.4, 0.5) is 0 Å². The van der Waals surface area contributed by atoms with Crippen molar-refractivity contribution in [2.45, 2.75) is 25.1 Å². The predicted octanol–water partition coefficient (Wildman–Crippen LogP) is 2.80. The number of nitrogens with zero attached hydrogens (tertiary/aromatic N) is 3. The zero-order chi connectivity index (χ0) is 12.3. The second-order valence-corrected chi connectivity index (χ2v) is 4.77. The summed E-state index contributed by atoms with van der Waals surface area (Å²) in [5.74, 6) is 2.02.